The van der Waals surface area contributed by atoms with Gasteiger partial charge in [0.15, 0.2) is 5.78 Å². The van der Waals surface area contributed by atoms with E-state index in [0.29, 0.717) is 34.2 Å². The third-order valence-electron chi connectivity index (χ3n) is 3.55. The predicted octanol–water partition coefficient (Wildman–Crippen LogP) is 5.07. The monoisotopic (exact) mass is 331 g/mol. The van der Waals surface area contributed by atoms with E-state index in [-0.39, 0.29) is 11.7 Å². The number of rotatable bonds is 6. The van der Waals surface area contributed by atoms with Gasteiger partial charge in [-0.3, -0.25) is 4.79 Å². The first kappa shape index (κ1) is 17.4. The molecule has 0 bridgehead atoms. The summed E-state index contributed by atoms with van der Waals surface area (Å²) >= 11 is 6.23. The highest BCUT2D eigenvalue weighted by Crippen LogP contribution is 2.35. The standard InChI is InChI=1S/C19H22ClNO2/c1-4-8-23-19-16(12(2)3)10-14(20)11-17(19)18(22)13-6-5-7-15(21)9-13/h5-7,9-12H,4,8,21H2,1-3H3. The van der Waals surface area contributed by atoms with Crippen molar-refractivity contribution in [3.8, 4) is 5.75 Å². The molecule has 0 amide bonds. The number of carbonyl (C=O) groups excluding carboxylic acids is 1. The maximum atomic E-state index is 12.9. The van der Waals surface area contributed by atoms with Crippen LogP contribution in [-0.4, -0.2) is 12.4 Å². The maximum absolute atomic E-state index is 12.9. The van der Waals surface area contributed by atoms with Crippen LogP contribution in [0.2, 0.25) is 5.02 Å². The fourth-order valence-corrected chi connectivity index (χ4v) is 2.64. The Labute approximate surface area is 142 Å². The molecule has 4 heteroatoms. The van der Waals surface area contributed by atoms with E-state index in [9.17, 15) is 4.79 Å². The van der Waals surface area contributed by atoms with Gasteiger partial charge in [0.05, 0.1) is 12.2 Å². The second-order valence-electron chi connectivity index (χ2n) is 5.83. The van der Waals surface area contributed by atoms with Crippen molar-refractivity contribution in [2.24, 2.45) is 0 Å². The Kier molecular flexibility index (Phi) is 5.67. The Balaban J connectivity index is 2.57. The lowest BCUT2D eigenvalue weighted by Crippen LogP contribution is -2.10. The molecular weight excluding hydrogens is 310 g/mol. The molecule has 0 fully saturated rings. The van der Waals surface area contributed by atoms with Gasteiger partial charge < -0.3 is 10.5 Å². The molecular formula is C19H22ClNO2. The zero-order chi connectivity index (χ0) is 17.0. The topological polar surface area (TPSA) is 52.3 Å². The molecule has 2 rings (SSSR count). The largest absolute Gasteiger partial charge is 0.493 e. The van der Waals surface area contributed by atoms with Crippen molar-refractivity contribution in [1.82, 2.24) is 0 Å². The Morgan fingerprint density at radius 1 is 1.26 bits per heavy atom. The van der Waals surface area contributed by atoms with Gasteiger partial charge in [0, 0.05) is 16.3 Å². The molecule has 2 aromatic rings. The molecule has 0 heterocycles. The van der Waals surface area contributed by atoms with Crippen LogP contribution in [0.5, 0.6) is 5.75 Å². The van der Waals surface area contributed by atoms with Crippen LogP contribution in [-0.2, 0) is 0 Å². The molecule has 0 radical (unpaired) electrons. The lowest BCUT2D eigenvalue weighted by molar-refractivity contribution is 0.103. The summed E-state index contributed by atoms with van der Waals surface area (Å²) in [6.07, 6.45) is 0.867. The number of hydrogen-bond acceptors (Lipinski definition) is 3. The van der Waals surface area contributed by atoms with E-state index < -0.39 is 0 Å². The number of nitrogen functional groups attached to an aromatic ring is 1. The Morgan fingerprint density at radius 2 is 2.00 bits per heavy atom. The molecule has 0 aliphatic rings. The Bertz CT molecular complexity index is 711. The van der Waals surface area contributed by atoms with Crippen molar-refractivity contribution < 1.29 is 9.53 Å². The zero-order valence-electron chi connectivity index (χ0n) is 13.7. The molecule has 2 aromatic carbocycles. The van der Waals surface area contributed by atoms with E-state index in [1.54, 1.807) is 30.3 Å². The summed E-state index contributed by atoms with van der Waals surface area (Å²) in [6.45, 7) is 6.70. The van der Waals surface area contributed by atoms with Gasteiger partial charge in [-0.15, -0.1) is 0 Å². The molecule has 0 unspecified atom stereocenters. The molecule has 0 spiro atoms. The number of anilines is 1. The van der Waals surface area contributed by atoms with Gasteiger partial charge in [-0.05, 0) is 42.2 Å². The normalized spacial score (nSPS) is 10.8. The van der Waals surface area contributed by atoms with Crippen molar-refractivity contribution in [1.29, 1.82) is 0 Å². The van der Waals surface area contributed by atoms with Gasteiger partial charge in [-0.1, -0.05) is 44.5 Å². The summed E-state index contributed by atoms with van der Waals surface area (Å²) in [7, 11) is 0. The van der Waals surface area contributed by atoms with Crippen LogP contribution in [0.4, 0.5) is 5.69 Å². The van der Waals surface area contributed by atoms with Crippen LogP contribution in [0.15, 0.2) is 36.4 Å². The van der Waals surface area contributed by atoms with Gasteiger partial charge in [0.2, 0.25) is 0 Å². The summed E-state index contributed by atoms with van der Waals surface area (Å²) in [5.74, 6) is 0.694. The first-order valence-electron chi connectivity index (χ1n) is 7.80. The second-order valence-corrected chi connectivity index (χ2v) is 6.27. The molecule has 2 N–H and O–H groups in total. The third-order valence-corrected chi connectivity index (χ3v) is 3.77. The number of ketones is 1. The molecule has 0 saturated carbocycles. The number of halogens is 1. The van der Waals surface area contributed by atoms with Crippen LogP contribution in [0.3, 0.4) is 0 Å². The Hall–Kier alpha value is -2.00. The predicted molar refractivity (Wildman–Crippen MR) is 95.6 cm³/mol. The molecule has 0 saturated heterocycles. The zero-order valence-corrected chi connectivity index (χ0v) is 14.5. The van der Waals surface area contributed by atoms with Crippen molar-refractivity contribution in [2.75, 3.05) is 12.3 Å². The highest BCUT2D eigenvalue weighted by atomic mass is 35.5. The van der Waals surface area contributed by atoms with Crippen molar-refractivity contribution in [3.63, 3.8) is 0 Å². The smallest absolute Gasteiger partial charge is 0.196 e. The summed E-state index contributed by atoms with van der Waals surface area (Å²) in [6, 6.07) is 10.5. The molecule has 23 heavy (non-hydrogen) atoms. The van der Waals surface area contributed by atoms with E-state index in [1.165, 1.54) is 0 Å². The van der Waals surface area contributed by atoms with Crippen LogP contribution < -0.4 is 10.5 Å². The van der Waals surface area contributed by atoms with Gasteiger partial charge in [-0.2, -0.15) is 0 Å². The first-order valence-corrected chi connectivity index (χ1v) is 8.18. The third kappa shape index (κ3) is 4.05. The highest BCUT2D eigenvalue weighted by molar-refractivity contribution is 6.31. The molecule has 0 atom stereocenters. The van der Waals surface area contributed by atoms with Gasteiger partial charge in [-0.25, -0.2) is 0 Å². The minimum Gasteiger partial charge on any atom is -0.493 e. The molecule has 3 nitrogen and oxygen atoms in total. The Morgan fingerprint density at radius 3 is 2.61 bits per heavy atom. The van der Waals surface area contributed by atoms with E-state index >= 15 is 0 Å². The van der Waals surface area contributed by atoms with Gasteiger partial charge >= 0.3 is 0 Å². The van der Waals surface area contributed by atoms with E-state index in [1.807, 2.05) is 13.0 Å². The van der Waals surface area contributed by atoms with Crippen LogP contribution in [0.1, 0.15) is 54.6 Å². The summed E-state index contributed by atoms with van der Waals surface area (Å²) in [4.78, 5) is 12.9. The number of ether oxygens (including phenoxy) is 1. The molecule has 0 aliphatic heterocycles. The van der Waals surface area contributed by atoms with Crippen LogP contribution >= 0.6 is 11.6 Å². The first-order chi connectivity index (χ1) is 10.9. The summed E-state index contributed by atoms with van der Waals surface area (Å²) < 4.78 is 5.90. The maximum Gasteiger partial charge on any atom is 0.196 e. The van der Waals surface area contributed by atoms with E-state index in [2.05, 4.69) is 13.8 Å². The quantitative estimate of drug-likeness (QED) is 0.594. The van der Waals surface area contributed by atoms with E-state index in [4.69, 9.17) is 22.1 Å². The summed E-state index contributed by atoms with van der Waals surface area (Å²) in [5, 5.41) is 0.532. The van der Waals surface area contributed by atoms with E-state index in [0.717, 1.165) is 12.0 Å². The summed E-state index contributed by atoms with van der Waals surface area (Å²) in [5.41, 5.74) is 8.30. The van der Waals surface area contributed by atoms with Gasteiger partial charge in [0.1, 0.15) is 5.75 Å². The lowest BCUT2D eigenvalue weighted by Gasteiger charge is -2.18. The number of hydrogen-bond donors (Lipinski definition) is 1. The average molecular weight is 332 g/mol. The van der Waals surface area contributed by atoms with Gasteiger partial charge in [0.25, 0.3) is 0 Å². The second kappa shape index (κ2) is 7.51. The van der Waals surface area contributed by atoms with Crippen molar-refractivity contribution >= 4 is 23.1 Å². The molecule has 0 aromatic heterocycles. The number of benzene rings is 2. The molecule has 0 aliphatic carbocycles. The highest BCUT2D eigenvalue weighted by Gasteiger charge is 2.21. The van der Waals surface area contributed by atoms with Crippen LogP contribution in [0.25, 0.3) is 0 Å². The minimum absolute atomic E-state index is 0.132. The van der Waals surface area contributed by atoms with Crippen LogP contribution in [0, 0.1) is 0 Å². The average Bonchev–Trinajstić information content (AvgIpc) is 2.52. The number of carbonyl (C=O) groups is 1. The van der Waals surface area contributed by atoms with Crippen molar-refractivity contribution in [2.45, 2.75) is 33.1 Å². The minimum atomic E-state index is -0.132. The fourth-order valence-electron chi connectivity index (χ4n) is 2.41. The number of nitrogens with two attached hydrogens (primary N) is 1. The lowest BCUT2D eigenvalue weighted by atomic mass is 9.94. The SMILES string of the molecule is CCCOc1c(C(=O)c2cccc(N)c2)cc(Cl)cc1C(C)C. The molecule has 122 valence electrons. The van der Waals surface area contributed by atoms with Crippen molar-refractivity contribution in [3.05, 3.63) is 58.1 Å². The fraction of sp³-hybridized carbons (Fsp3) is 0.316.